The van der Waals surface area contributed by atoms with Crippen LogP contribution in [0, 0.1) is 11.8 Å². The molecular weight excluding hydrogens is 570 g/mol. The number of aliphatic hydroxyl groups excluding tert-OH is 1. The molecular formula is C34H35N7O4. The normalized spacial score (nSPS) is 23.3. The molecule has 0 unspecified atom stereocenters. The topological polar surface area (TPSA) is 126 Å². The predicted molar refractivity (Wildman–Crippen MR) is 169 cm³/mol. The van der Waals surface area contributed by atoms with Crippen molar-refractivity contribution in [2.24, 2.45) is 0 Å². The van der Waals surface area contributed by atoms with E-state index in [-0.39, 0.29) is 12.6 Å². The minimum Gasteiger partial charge on any atom is -0.444 e. The van der Waals surface area contributed by atoms with Crippen LogP contribution < -0.4 is 10.2 Å². The van der Waals surface area contributed by atoms with Crippen molar-refractivity contribution < 1.29 is 23.5 Å². The Bertz CT molecular complexity index is 2010. The Morgan fingerprint density at radius 2 is 1.93 bits per heavy atom. The summed E-state index contributed by atoms with van der Waals surface area (Å²) in [7, 11) is 0. The second-order valence-corrected chi connectivity index (χ2v) is 12.6. The van der Waals surface area contributed by atoms with E-state index >= 15 is 0 Å². The van der Waals surface area contributed by atoms with Gasteiger partial charge >= 0.3 is 6.09 Å². The van der Waals surface area contributed by atoms with Crippen LogP contribution in [0.2, 0.25) is 0 Å². The van der Waals surface area contributed by atoms with Gasteiger partial charge in [-0.3, -0.25) is 4.79 Å². The fourth-order valence-electron chi connectivity index (χ4n) is 6.55. The number of carbonyl (C=O) groups is 2. The molecule has 0 aliphatic carbocycles. The molecule has 2 aromatic heterocycles. The molecule has 3 aliphatic rings. The molecule has 1 fully saturated rings. The van der Waals surface area contributed by atoms with E-state index in [4.69, 9.17) is 13.8 Å². The molecule has 7 rings (SSSR count). The number of fused-ring (bicyclic) bond motifs is 9. The number of hydrogen-bond acceptors (Lipinski definition) is 8. The minimum absolute atomic E-state index is 0.248. The number of nitrogens with one attached hydrogen (secondary N) is 1. The van der Waals surface area contributed by atoms with Gasteiger partial charge in [0.1, 0.15) is 11.4 Å². The first-order chi connectivity index (χ1) is 22.7. The van der Waals surface area contributed by atoms with Crippen molar-refractivity contribution in [2.75, 3.05) is 25.0 Å². The zero-order valence-electron chi connectivity index (χ0n) is 28.4. The Labute approximate surface area is 265 Å². The molecule has 3 aliphatic heterocycles. The number of alkyl carbamates (subject to hydrolysis) is 1. The van der Waals surface area contributed by atoms with Crippen molar-refractivity contribution in [1.82, 2.24) is 29.7 Å². The van der Waals surface area contributed by atoms with Crippen molar-refractivity contribution >= 4 is 29.0 Å². The molecule has 0 radical (unpaired) electrons. The number of amides is 2. The molecule has 4 aromatic rings. The monoisotopic (exact) mass is 608 g/mol. The lowest BCUT2D eigenvalue weighted by atomic mass is 9.93. The molecule has 4 atom stereocenters. The first-order valence-corrected chi connectivity index (χ1v) is 14.9. The molecule has 45 heavy (non-hydrogen) atoms. The number of nitrogens with zero attached hydrogens (tertiary/aromatic N) is 6. The lowest BCUT2D eigenvalue weighted by Gasteiger charge is -2.24. The van der Waals surface area contributed by atoms with Gasteiger partial charge in [0.25, 0.3) is 5.91 Å². The highest BCUT2D eigenvalue weighted by Crippen LogP contribution is 2.48. The number of hydrogen-bond donors (Lipinski definition) is 2. The van der Waals surface area contributed by atoms with Gasteiger partial charge in [0.15, 0.2) is 0 Å². The Balaban J connectivity index is 1.22. The number of carbonyl (C=O) groups excluding carboxylic acids is 2. The molecule has 0 spiro atoms. The Morgan fingerprint density at radius 1 is 1.13 bits per heavy atom. The molecule has 230 valence electrons. The van der Waals surface area contributed by atoms with Crippen molar-refractivity contribution in [3.63, 3.8) is 0 Å². The summed E-state index contributed by atoms with van der Waals surface area (Å²) in [6, 6.07) is 9.41. The summed E-state index contributed by atoms with van der Waals surface area (Å²) < 4.78 is 32.2. The van der Waals surface area contributed by atoms with Gasteiger partial charge in [-0.2, -0.15) is 0 Å². The van der Waals surface area contributed by atoms with Crippen LogP contribution >= 0.6 is 0 Å². The Morgan fingerprint density at radius 3 is 2.67 bits per heavy atom. The van der Waals surface area contributed by atoms with E-state index in [0.717, 1.165) is 21.5 Å². The first-order valence-electron chi connectivity index (χ1n) is 16.4. The largest absolute Gasteiger partial charge is 0.444 e. The summed E-state index contributed by atoms with van der Waals surface area (Å²) in [4.78, 5) is 42.8. The highest BCUT2D eigenvalue weighted by molar-refractivity contribution is 5.98. The van der Waals surface area contributed by atoms with Gasteiger partial charge in [0.2, 0.25) is 5.95 Å². The first kappa shape index (κ1) is 25.4. The summed E-state index contributed by atoms with van der Waals surface area (Å²) in [5, 5.41) is 13.3. The van der Waals surface area contributed by atoms with Gasteiger partial charge in [0, 0.05) is 65.2 Å². The highest BCUT2D eigenvalue weighted by Gasteiger charge is 2.44. The predicted octanol–water partition coefficient (Wildman–Crippen LogP) is 4.06. The average molecular weight is 609 g/mol. The second kappa shape index (κ2) is 10.6. The SMILES string of the molecule is [2H]C([2H])([2H])N1C(=O)c2cccc(C#CC)c2[C@H]2C[C@@H]1c1nc3ccc(-c4cnc(N5C[C@@H](O)[C@H](NC(=O)OC(C)(C)C)C5)nc4)cc3n12. The van der Waals surface area contributed by atoms with Crippen molar-refractivity contribution in [2.45, 2.75) is 63.9 Å². The summed E-state index contributed by atoms with van der Waals surface area (Å²) in [5.74, 6) is 6.44. The zero-order valence-corrected chi connectivity index (χ0v) is 25.4. The van der Waals surface area contributed by atoms with Gasteiger partial charge in [-0.15, -0.1) is 5.92 Å². The molecule has 0 saturated carbocycles. The minimum atomic E-state index is -2.67. The molecule has 11 nitrogen and oxygen atoms in total. The lowest BCUT2D eigenvalue weighted by Crippen LogP contribution is -2.45. The number of imidazole rings is 1. The molecule has 11 heteroatoms. The molecule has 2 aromatic carbocycles. The summed E-state index contributed by atoms with van der Waals surface area (Å²) >= 11 is 0. The molecule has 2 N–H and O–H groups in total. The van der Waals surface area contributed by atoms with E-state index in [9.17, 15) is 14.7 Å². The third-order valence-corrected chi connectivity index (χ3v) is 8.48. The van der Waals surface area contributed by atoms with Crippen molar-refractivity contribution in [1.29, 1.82) is 0 Å². The summed E-state index contributed by atoms with van der Waals surface area (Å²) in [6.07, 6.45) is 2.36. The maximum absolute atomic E-state index is 13.8. The van der Waals surface area contributed by atoms with E-state index < -0.39 is 42.8 Å². The second-order valence-electron chi connectivity index (χ2n) is 12.6. The van der Waals surface area contributed by atoms with Crippen LogP contribution in [0.1, 0.15) is 77.6 Å². The van der Waals surface area contributed by atoms with Gasteiger partial charge in [0.05, 0.1) is 35.3 Å². The Hall–Kier alpha value is -4.95. The number of aliphatic hydroxyl groups is 1. The fourth-order valence-corrected chi connectivity index (χ4v) is 6.55. The lowest BCUT2D eigenvalue weighted by molar-refractivity contribution is 0.0461. The number of benzene rings is 2. The molecule has 2 bridgehead atoms. The van der Waals surface area contributed by atoms with Crippen LogP contribution in [0.3, 0.4) is 0 Å². The summed E-state index contributed by atoms with van der Waals surface area (Å²) in [5.41, 5.74) is 4.11. The fraction of sp³-hybridized carbons (Fsp3) is 0.382. The third kappa shape index (κ3) is 4.95. The number of β-amino-alcohol motifs (C(OH)–C–C–N with tert-alkyl or cyclic N) is 1. The standard InChI is InChI=1S/C34H35N7O4/c1-6-8-19-9-7-10-22-29(19)26-14-27(39(5)31(22)43)30-37-23-12-11-20(13-25(23)41(26)30)21-15-35-32(36-16-21)40-17-24(28(42)18-40)38-33(44)45-34(2,3)4/h7,9-13,15-16,24,26-28,42H,14,17-18H2,1-5H3,(H,38,44)/t24-,26-,27-,28-/m1/s1/i5D3. The summed E-state index contributed by atoms with van der Waals surface area (Å²) in [6.45, 7) is 4.95. The van der Waals surface area contributed by atoms with Crippen LogP contribution in [0.4, 0.5) is 10.7 Å². The average Bonchev–Trinajstić information content (AvgIpc) is 3.65. The van der Waals surface area contributed by atoms with Gasteiger partial charge in [-0.1, -0.05) is 18.1 Å². The Kier molecular flexibility index (Phi) is 5.98. The van der Waals surface area contributed by atoms with E-state index in [1.807, 2.05) is 28.8 Å². The number of anilines is 1. The molecule has 2 amide bonds. The van der Waals surface area contributed by atoms with E-state index in [2.05, 4.69) is 27.1 Å². The van der Waals surface area contributed by atoms with Crippen LogP contribution in [-0.4, -0.2) is 79.3 Å². The highest BCUT2D eigenvalue weighted by atomic mass is 16.6. The number of ether oxygens (including phenoxy) is 1. The van der Waals surface area contributed by atoms with Crippen LogP contribution in [0.25, 0.3) is 22.2 Å². The van der Waals surface area contributed by atoms with Crippen molar-refractivity contribution in [3.8, 4) is 23.0 Å². The van der Waals surface area contributed by atoms with Gasteiger partial charge < -0.3 is 29.5 Å². The number of rotatable bonds is 3. The molecule has 1 saturated heterocycles. The quantitative estimate of drug-likeness (QED) is 0.334. The number of aromatic nitrogens is 4. The maximum atomic E-state index is 13.8. The maximum Gasteiger partial charge on any atom is 0.408 e. The van der Waals surface area contributed by atoms with Crippen LogP contribution in [0.5, 0.6) is 0 Å². The van der Waals surface area contributed by atoms with Crippen LogP contribution in [0.15, 0.2) is 48.8 Å². The van der Waals surface area contributed by atoms with Gasteiger partial charge in [-0.05, 0) is 57.5 Å². The van der Waals surface area contributed by atoms with E-state index in [1.54, 1.807) is 57.1 Å². The van der Waals surface area contributed by atoms with E-state index in [0.29, 0.717) is 46.9 Å². The van der Waals surface area contributed by atoms with Crippen molar-refractivity contribution in [3.05, 3.63) is 71.3 Å². The zero-order chi connectivity index (χ0) is 34.1. The van der Waals surface area contributed by atoms with Crippen LogP contribution in [-0.2, 0) is 4.74 Å². The molecule has 5 heterocycles. The third-order valence-electron chi connectivity index (χ3n) is 8.48. The smallest absolute Gasteiger partial charge is 0.408 e. The van der Waals surface area contributed by atoms with E-state index in [1.165, 1.54) is 0 Å². The van der Waals surface area contributed by atoms with Gasteiger partial charge in [-0.25, -0.2) is 19.7 Å².